The highest BCUT2D eigenvalue weighted by Gasteiger charge is 2.11. The number of hydrogen-bond acceptors (Lipinski definition) is 2. The zero-order valence-electron chi connectivity index (χ0n) is 10.6. The molecule has 0 aliphatic rings. The van der Waals surface area contributed by atoms with E-state index >= 15 is 0 Å². The van der Waals surface area contributed by atoms with Gasteiger partial charge in [-0.3, -0.25) is 4.79 Å². The maximum Gasteiger partial charge on any atom is 0.163 e. The van der Waals surface area contributed by atoms with E-state index in [0.29, 0.717) is 6.42 Å². The smallest absolute Gasteiger partial charge is 0.163 e. The first-order valence-electron chi connectivity index (χ1n) is 5.78. The summed E-state index contributed by atoms with van der Waals surface area (Å²) in [7, 11) is 1.65. The number of unbranched alkanes of at least 4 members (excludes halogenated alkanes) is 1. The highest BCUT2D eigenvalue weighted by atomic mass is 16.5. The maximum atomic E-state index is 11.9. The molecule has 1 aromatic rings. The van der Waals surface area contributed by atoms with Crippen LogP contribution in [0.2, 0.25) is 0 Å². The van der Waals surface area contributed by atoms with Gasteiger partial charge in [-0.05, 0) is 43.5 Å². The molecular weight excluding hydrogens is 200 g/mol. The summed E-state index contributed by atoms with van der Waals surface area (Å²) in [5.74, 6) is 1.09. The van der Waals surface area contributed by atoms with Gasteiger partial charge in [0.25, 0.3) is 0 Å². The summed E-state index contributed by atoms with van der Waals surface area (Å²) in [6.07, 6.45) is 2.66. The van der Waals surface area contributed by atoms with Crippen LogP contribution in [0.25, 0.3) is 0 Å². The van der Waals surface area contributed by atoms with E-state index in [1.807, 2.05) is 26.0 Å². The first kappa shape index (κ1) is 12.8. The predicted octanol–water partition coefficient (Wildman–Crippen LogP) is 3.68. The average molecular weight is 220 g/mol. The molecule has 0 aliphatic carbocycles. The van der Waals surface area contributed by atoms with Crippen molar-refractivity contribution in [1.29, 1.82) is 0 Å². The Balaban J connectivity index is 2.97. The van der Waals surface area contributed by atoms with Gasteiger partial charge in [0.05, 0.1) is 7.11 Å². The van der Waals surface area contributed by atoms with Crippen molar-refractivity contribution in [2.45, 2.75) is 40.0 Å². The van der Waals surface area contributed by atoms with E-state index in [9.17, 15) is 4.79 Å². The minimum atomic E-state index is 0.241. The topological polar surface area (TPSA) is 26.3 Å². The summed E-state index contributed by atoms with van der Waals surface area (Å²) in [4.78, 5) is 11.9. The zero-order chi connectivity index (χ0) is 12.1. The molecule has 0 aliphatic heterocycles. The van der Waals surface area contributed by atoms with E-state index in [1.54, 1.807) is 7.11 Å². The molecule has 0 atom stereocenters. The number of hydrogen-bond donors (Lipinski definition) is 0. The van der Waals surface area contributed by atoms with E-state index in [4.69, 9.17) is 4.74 Å². The fourth-order valence-electron chi connectivity index (χ4n) is 1.78. The Morgan fingerprint density at radius 3 is 2.50 bits per heavy atom. The van der Waals surface area contributed by atoms with Crippen LogP contribution in [0.4, 0.5) is 0 Å². The monoisotopic (exact) mass is 220 g/mol. The van der Waals surface area contributed by atoms with Crippen molar-refractivity contribution in [3.8, 4) is 5.75 Å². The molecule has 0 aromatic heterocycles. The lowest BCUT2D eigenvalue weighted by molar-refractivity contribution is 0.0979. The fraction of sp³-hybridized carbons (Fsp3) is 0.500. The number of carbonyl (C=O) groups excluding carboxylic acids is 1. The van der Waals surface area contributed by atoms with E-state index < -0.39 is 0 Å². The third kappa shape index (κ3) is 2.84. The lowest BCUT2D eigenvalue weighted by Gasteiger charge is -2.10. The van der Waals surface area contributed by atoms with Crippen LogP contribution < -0.4 is 4.74 Å². The van der Waals surface area contributed by atoms with Crippen molar-refractivity contribution >= 4 is 5.78 Å². The quantitative estimate of drug-likeness (QED) is 0.707. The zero-order valence-corrected chi connectivity index (χ0v) is 10.6. The van der Waals surface area contributed by atoms with Crippen LogP contribution in [0, 0.1) is 13.8 Å². The predicted molar refractivity (Wildman–Crippen MR) is 66.3 cm³/mol. The summed E-state index contributed by atoms with van der Waals surface area (Å²) >= 11 is 0. The van der Waals surface area contributed by atoms with Crippen molar-refractivity contribution in [3.05, 3.63) is 28.8 Å². The van der Waals surface area contributed by atoms with Gasteiger partial charge in [-0.2, -0.15) is 0 Å². The van der Waals surface area contributed by atoms with Crippen LogP contribution in [0.3, 0.4) is 0 Å². The van der Waals surface area contributed by atoms with Crippen molar-refractivity contribution in [2.24, 2.45) is 0 Å². The number of aryl methyl sites for hydroxylation is 2. The molecule has 0 saturated carbocycles. The fourth-order valence-corrected chi connectivity index (χ4v) is 1.78. The number of methoxy groups -OCH3 is 1. The summed E-state index contributed by atoms with van der Waals surface area (Å²) in [6, 6.07) is 3.88. The van der Waals surface area contributed by atoms with Gasteiger partial charge in [0.1, 0.15) is 5.75 Å². The van der Waals surface area contributed by atoms with Gasteiger partial charge in [-0.15, -0.1) is 0 Å². The molecular formula is C14H20O2. The van der Waals surface area contributed by atoms with Crippen LogP contribution in [0.5, 0.6) is 5.75 Å². The Labute approximate surface area is 97.6 Å². The van der Waals surface area contributed by atoms with Gasteiger partial charge in [-0.1, -0.05) is 13.3 Å². The van der Waals surface area contributed by atoms with Gasteiger partial charge in [0.2, 0.25) is 0 Å². The van der Waals surface area contributed by atoms with Crippen LogP contribution in [0.1, 0.15) is 47.7 Å². The minimum Gasteiger partial charge on any atom is -0.496 e. The Kier molecular flexibility index (Phi) is 4.53. The van der Waals surface area contributed by atoms with Crippen molar-refractivity contribution in [2.75, 3.05) is 7.11 Å². The lowest BCUT2D eigenvalue weighted by atomic mass is 9.98. The van der Waals surface area contributed by atoms with E-state index in [0.717, 1.165) is 35.3 Å². The molecule has 0 bridgehead atoms. The highest BCUT2D eigenvalue weighted by molar-refractivity contribution is 5.97. The van der Waals surface area contributed by atoms with E-state index in [2.05, 4.69) is 6.92 Å². The first-order chi connectivity index (χ1) is 7.60. The third-order valence-electron chi connectivity index (χ3n) is 2.80. The van der Waals surface area contributed by atoms with Crippen molar-refractivity contribution < 1.29 is 9.53 Å². The van der Waals surface area contributed by atoms with Crippen LogP contribution in [-0.2, 0) is 0 Å². The number of ketones is 1. The van der Waals surface area contributed by atoms with Gasteiger partial charge in [-0.25, -0.2) is 0 Å². The Hall–Kier alpha value is -1.31. The first-order valence-corrected chi connectivity index (χ1v) is 5.78. The second-order valence-electron chi connectivity index (χ2n) is 4.16. The second kappa shape index (κ2) is 5.69. The average Bonchev–Trinajstić information content (AvgIpc) is 2.28. The molecule has 0 amide bonds. The number of benzene rings is 1. The molecule has 0 fully saturated rings. The lowest BCUT2D eigenvalue weighted by Crippen LogP contribution is -2.03. The summed E-state index contributed by atoms with van der Waals surface area (Å²) < 4.78 is 5.23. The standard InChI is InChI=1S/C14H20O2/c1-5-6-7-13(15)12-8-11(3)14(16-4)9-10(12)2/h8-9H,5-7H2,1-4H3. The van der Waals surface area contributed by atoms with Gasteiger partial charge < -0.3 is 4.74 Å². The molecule has 2 heteroatoms. The molecule has 16 heavy (non-hydrogen) atoms. The number of Topliss-reactive ketones (excluding diaryl/α,β-unsaturated/α-hetero) is 1. The van der Waals surface area contributed by atoms with Crippen LogP contribution in [0.15, 0.2) is 12.1 Å². The number of rotatable bonds is 5. The maximum absolute atomic E-state index is 11.9. The largest absolute Gasteiger partial charge is 0.496 e. The van der Waals surface area contributed by atoms with Gasteiger partial charge >= 0.3 is 0 Å². The molecule has 88 valence electrons. The summed E-state index contributed by atoms with van der Waals surface area (Å²) in [5, 5.41) is 0. The third-order valence-corrected chi connectivity index (χ3v) is 2.80. The Bertz CT molecular complexity index is 381. The molecule has 0 unspecified atom stereocenters. The van der Waals surface area contributed by atoms with Crippen molar-refractivity contribution in [3.63, 3.8) is 0 Å². The molecule has 0 spiro atoms. The van der Waals surface area contributed by atoms with E-state index in [-0.39, 0.29) is 5.78 Å². The summed E-state index contributed by atoms with van der Waals surface area (Å²) in [5.41, 5.74) is 2.86. The molecule has 2 nitrogen and oxygen atoms in total. The SMILES string of the molecule is CCCCC(=O)c1cc(C)c(OC)cc1C. The second-order valence-corrected chi connectivity index (χ2v) is 4.16. The molecule has 0 heterocycles. The summed E-state index contributed by atoms with van der Waals surface area (Å²) in [6.45, 7) is 6.02. The normalized spacial score (nSPS) is 10.2. The number of carbonyl (C=O) groups is 1. The molecule has 0 radical (unpaired) electrons. The number of ether oxygens (including phenoxy) is 1. The molecule has 1 rings (SSSR count). The van der Waals surface area contributed by atoms with E-state index in [1.165, 1.54) is 0 Å². The minimum absolute atomic E-state index is 0.241. The highest BCUT2D eigenvalue weighted by Crippen LogP contribution is 2.23. The van der Waals surface area contributed by atoms with Gasteiger partial charge in [0.15, 0.2) is 5.78 Å². The van der Waals surface area contributed by atoms with Crippen LogP contribution >= 0.6 is 0 Å². The Morgan fingerprint density at radius 2 is 1.94 bits per heavy atom. The van der Waals surface area contributed by atoms with Crippen LogP contribution in [-0.4, -0.2) is 12.9 Å². The van der Waals surface area contributed by atoms with Gasteiger partial charge in [0, 0.05) is 12.0 Å². The van der Waals surface area contributed by atoms with Crippen molar-refractivity contribution in [1.82, 2.24) is 0 Å². The molecule has 0 N–H and O–H groups in total. The Morgan fingerprint density at radius 1 is 1.25 bits per heavy atom. The molecule has 0 saturated heterocycles. The molecule has 1 aromatic carbocycles.